The quantitative estimate of drug-likeness (QED) is 0.779. The van der Waals surface area contributed by atoms with Crippen molar-refractivity contribution in [3.8, 4) is 11.1 Å². The first kappa shape index (κ1) is 12.2. The average molecular weight is 316 g/mol. The Morgan fingerprint density at radius 1 is 1.12 bits per heavy atom. The number of hydrogen-bond acceptors (Lipinski definition) is 2. The lowest BCUT2D eigenvalue weighted by molar-refractivity contribution is 0.632. The van der Waals surface area contributed by atoms with Crippen LogP contribution in [0.4, 0.5) is 15.8 Å². The Kier molecular flexibility index (Phi) is 3.26. The number of anilines is 2. The van der Waals surface area contributed by atoms with Crippen molar-refractivity contribution in [2.45, 2.75) is 0 Å². The van der Waals surface area contributed by atoms with E-state index in [1.165, 1.54) is 6.07 Å². The van der Waals surface area contributed by atoms with Crippen LogP contribution in [0, 0.1) is 5.82 Å². The van der Waals surface area contributed by atoms with E-state index in [4.69, 9.17) is 23.1 Å². The molecule has 17 heavy (non-hydrogen) atoms. The Bertz CT molecular complexity index is 570. The van der Waals surface area contributed by atoms with Gasteiger partial charge in [0.05, 0.1) is 11.4 Å². The van der Waals surface area contributed by atoms with Gasteiger partial charge in [-0.3, -0.25) is 0 Å². The van der Waals surface area contributed by atoms with Crippen molar-refractivity contribution in [2.24, 2.45) is 0 Å². The van der Waals surface area contributed by atoms with Gasteiger partial charge in [0.25, 0.3) is 0 Å². The van der Waals surface area contributed by atoms with Gasteiger partial charge in [-0.25, -0.2) is 4.39 Å². The van der Waals surface area contributed by atoms with Crippen molar-refractivity contribution in [3.05, 3.63) is 45.6 Å². The van der Waals surface area contributed by atoms with Crippen molar-refractivity contribution in [3.63, 3.8) is 0 Å². The van der Waals surface area contributed by atoms with Crippen molar-refractivity contribution in [1.82, 2.24) is 0 Å². The second kappa shape index (κ2) is 4.55. The number of hydrogen-bond donors (Lipinski definition) is 2. The predicted molar refractivity (Wildman–Crippen MR) is 73.4 cm³/mol. The Morgan fingerprint density at radius 2 is 1.71 bits per heavy atom. The van der Waals surface area contributed by atoms with Gasteiger partial charge in [-0.15, -0.1) is 0 Å². The summed E-state index contributed by atoms with van der Waals surface area (Å²) in [4.78, 5) is 0. The number of halogens is 3. The Labute approximate surface area is 112 Å². The normalized spacial score (nSPS) is 10.5. The second-order valence-electron chi connectivity index (χ2n) is 3.56. The summed E-state index contributed by atoms with van der Waals surface area (Å²) in [7, 11) is 0. The molecule has 2 nitrogen and oxygen atoms in total. The number of benzene rings is 2. The minimum absolute atomic E-state index is 0.0741. The van der Waals surface area contributed by atoms with Crippen molar-refractivity contribution in [1.29, 1.82) is 0 Å². The Hall–Kier alpha value is -1.26. The van der Waals surface area contributed by atoms with Gasteiger partial charge in [0.15, 0.2) is 5.82 Å². The van der Waals surface area contributed by atoms with Gasteiger partial charge in [0.1, 0.15) is 5.02 Å². The molecule has 4 N–H and O–H groups in total. The fourth-order valence-corrected chi connectivity index (χ4v) is 1.97. The predicted octanol–water partition coefficient (Wildman–Crippen LogP) is 4.07. The van der Waals surface area contributed by atoms with E-state index < -0.39 is 5.82 Å². The molecule has 0 bridgehead atoms. The minimum Gasteiger partial charge on any atom is -0.397 e. The van der Waals surface area contributed by atoms with Gasteiger partial charge in [0, 0.05) is 10.0 Å². The molecule has 0 amide bonds. The minimum atomic E-state index is -0.555. The molecule has 0 spiro atoms. The molecule has 0 aromatic heterocycles. The Morgan fingerprint density at radius 3 is 2.29 bits per heavy atom. The molecule has 0 radical (unpaired) electrons. The van der Waals surface area contributed by atoms with Crippen LogP contribution in [0.1, 0.15) is 0 Å². The third kappa shape index (κ3) is 2.23. The smallest absolute Gasteiger partial charge is 0.151 e. The van der Waals surface area contributed by atoms with Crippen LogP contribution in [0.25, 0.3) is 11.1 Å². The molecule has 88 valence electrons. The molecule has 0 aliphatic carbocycles. The average Bonchev–Trinajstić information content (AvgIpc) is 2.32. The van der Waals surface area contributed by atoms with Crippen molar-refractivity contribution >= 4 is 38.9 Å². The van der Waals surface area contributed by atoms with E-state index in [0.29, 0.717) is 11.1 Å². The fraction of sp³-hybridized carbons (Fsp3) is 0. The van der Waals surface area contributed by atoms with Gasteiger partial charge < -0.3 is 11.5 Å². The van der Waals surface area contributed by atoms with Crippen LogP contribution in [0.15, 0.2) is 34.8 Å². The van der Waals surface area contributed by atoms with E-state index in [-0.39, 0.29) is 16.4 Å². The van der Waals surface area contributed by atoms with E-state index in [2.05, 4.69) is 15.9 Å². The van der Waals surface area contributed by atoms with E-state index in [9.17, 15) is 4.39 Å². The van der Waals surface area contributed by atoms with Crippen molar-refractivity contribution < 1.29 is 4.39 Å². The zero-order valence-corrected chi connectivity index (χ0v) is 11.0. The molecule has 0 saturated carbocycles. The maximum atomic E-state index is 13.9. The zero-order chi connectivity index (χ0) is 12.6. The summed E-state index contributed by atoms with van der Waals surface area (Å²) in [5, 5.41) is -0.136. The maximum absolute atomic E-state index is 13.9. The fourth-order valence-electron chi connectivity index (χ4n) is 1.50. The SMILES string of the molecule is Nc1cc(-c2ccc(Br)cc2)c(F)c(Cl)c1N. The van der Waals surface area contributed by atoms with Crippen LogP contribution >= 0.6 is 27.5 Å². The van der Waals surface area contributed by atoms with Crippen LogP contribution in [-0.2, 0) is 0 Å². The zero-order valence-electron chi connectivity index (χ0n) is 8.68. The van der Waals surface area contributed by atoms with Gasteiger partial charge in [-0.1, -0.05) is 39.7 Å². The van der Waals surface area contributed by atoms with Crippen LogP contribution in [0.3, 0.4) is 0 Å². The second-order valence-corrected chi connectivity index (χ2v) is 4.86. The summed E-state index contributed by atoms with van der Waals surface area (Å²) in [6.07, 6.45) is 0. The molecular weight excluding hydrogens is 307 g/mol. The highest BCUT2D eigenvalue weighted by Crippen LogP contribution is 2.36. The summed E-state index contributed by atoms with van der Waals surface area (Å²) in [5.41, 5.74) is 12.6. The van der Waals surface area contributed by atoms with Crippen molar-refractivity contribution in [2.75, 3.05) is 11.5 Å². The molecule has 0 aliphatic rings. The third-order valence-corrected chi connectivity index (χ3v) is 3.33. The van der Waals surface area contributed by atoms with E-state index >= 15 is 0 Å². The summed E-state index contributed by atoms with van der Waals surface area (Å²) in [6, 6.07) is 8.66. The standard InChI is InChI=1S/C12H9BrClFN2/c13-7-3-1-6(2-4-7)8-5-9(16)12(17)10(14)11(8)15/h1-5H,16-17H2. The molecule has 0 unspecified atom stereocenters. The van der Waals surface area contributed by atoms with Gasteiger partial charge >= 0.3 is 0 Å². The first-order valence-electron chi connectivity index (χ1n) is 4.79. The summed E-state index contributed by atoms with van der Waals surface area (Å²) in [5.74, 6) is -0.555. The topological polar surface area (TPSA) is 52.0 Å². The number of nitrogens with two attached hydrogens (primary N) is 2. The van der Waals surface area contributed by atoms with Crippen LogP contribution in [-0.4, -0.2) is 0 Å². The van der Waals surface area contributed by atoms with Gasteiger partial charge in [-0.2, -0.15) is 0 Å². The lowest BCUT2D eigenvalue weighted by Crippen LogP contribution is -1.99. The highest BCUT2D eigenvalue weighted by Gasteiger charge is 2.14. The molecule has 0 atom stereocenters. The lowest BCUT2D eigenvalue weighted by atomic mass is 10.0. The molecule has 2 rings (SSSR count). The largest absolute Gasteiger partial charge is 0.397 e. The van der Waals surface area contributed by atoms with E-state index in [0.717, 1.165) is 4.47 Å². The summed E-state index contributed by atoms with van der Waals surface area (Å²) >= 11 is 9.09. The first-order valence-corrected chi connectivity index (χ1v) is 5.96. The molecule has 0 aliphatic heterocycles. The van der Waals surface area contributed by atoms with Gasteiger partial charge in [0.2, 0.25) is 0 Å². The highest BCUT2D eigenvalue weighted by atomic mass is 79.9. The number of rotatable bonds is 1. The Balaban J connectivity index is 2.64. The molecule has 0 heterocycles. The molecule has 2 aromatic rings. The van der Waals surface area contributed by atoms with Crippen LogP contribution < -0.4 is 11.5 Å². The van der Waals surface area contributed by atoms with E-state index in [1.54, 1.807) is 12.1 Å². The number of nitrogen functional groups attached to an aromatic ring is 2. The van der Waals surface area contributed by atoms with Crippen LogP contribution in [0.5, 0.6) is 0 Å². The molecular formula is C12H9BrClFN2. The summed E-state index contributed by atoms with van der Waals surface area (Å²) < 4.78 is 14.9. The maximum Gasteiger partial charge on any atom is 0.151 e. The van der Waals surface area contributed by atoms with Crippen LogP contribution in [0.2, 0.25) is 5.02 Å². The molecule has 0 saturated heterocycles. The lowest BCUT2D eigenvalue weighted by Gasteiger charge is -2.10. The van der Waals surface area contributed by atoms with Gasteiger partial charge in [-0.05, 0) is 23.8 Å². The highest BCUT2D eigenvalue weighted by molar-refractivity contribution is 9.10. The molecule has 5 heteroatoms. The van der Waals surface area contributed by atoms with E-state index in [1.807, 2.05) is 12.1 Å². The third-order valence-electron chi connectivity index (χ3n) is 2.43. The monoisotopic (exact) mass is 314 g/mol. The summed E-state index contributed by atoms with van der Waals surface area (Å²) in [6.45, 7) is 0. The molecule has 2 aromatic carbocycles. The molecule has 0 fully saturated rings. The first-order chi connectivity index (χ1) is 8.00.